The first-order chi connectivity index (χ1) is 9.41. The lowest BCUT2D eigenvalue weighted by Gasteiger charge is -2.19. The van der Waals surface area contributed by atoms with E-state index in [9.17, 15) is 21.6 Å². The Morgan fingerprint density at radius 1 is 1.19 bits per heavy atom. The number of halogens is 3. The van der Waals surface area contributed by atoms with Crippen molar-refractivity contribution in [2.24, 2.45) is 0 Å². The predicted molar refractivity (Wildman–Crippen MR) is 75.2 cm³/mol. The van der Waals surface area contributed by atoms with Crippen LogP contribution >= 0.6 is 0 Å². The zero-order valence-electron chi connectivity index (χ0n) is 12.0. The van der Waals surface area contributed by atoms with E-state index in [1.807, 2.05) is 0 Å². The summed E-state index contributed by atoms with van der Waals surface area (Å²) in [6.07, 6.45) is -4.76. The Labute approximate surface area is 122 Å². The topological polar surface area (TPSA) is 55.4 Å². The minimum absolute atomic E-state index is 0.106. The number of hydrogen-bond donors (Lipinski definition) is 1. The summed E-state index contributed by atoms with van der Waals surface area (Å²) in [4.78, 5) is 0. The molecule has 0 unspecified atom stereocenters. The summed E-state index contributed by atoms with van der Waals surface area (Å²) < 4.78 is 63.0. The maximum absolute atomic E-state index is 12.1. The van der Waals surface area contributed by atoms with Gasteiger partial charge in [0.25, 0.3) is 0 Å². The highest BCUT2D eigenvalue weighted by Crippen LogP contribution is 2.25. The van der Waals surface area contributed by atoms with Crippen LogP contribution in [0.1, 0.15) is 20.8 Å². The lowest BCUT2D eigenvalue weighted by molar-refractivity contribution is -0.274. The molecule has 0 spiro atoms. The third-order valence-electron chi connectivity index (χ3n) is 2.70. The van der Waals surface area contributed by atoms with Crippen molar-refractivity contribution in [3.63, 3.8) is 0 Å². The number of anilines is 1. The number of hydrogen-bond acceptors (Lipinski definition) is 4. The van der Waals surface area contributed by atoms with Crippen LogP contribution in [0.25, 0.3) is 0 Å². The van der Waals surface area contributed by atoms with Gasteiger partial charge in [0.05, 0.1) is 10.5 Å². The molecular weight excluding hydrogens is 307 g/mol. The highest BCUT2D eigenvalue weighted by molar-refractivity contribution is 7.92. The fraction of sp³-hybridized carbons (Fsp3) is 0.538. The molecule has 0 saturated heterocycles. The van der Waals surface area contributed by atoms with Crippen molar-refractivity contribution in [3.8, 4) is 5.75 Å². The van der Waals surface area contributed by atoms with Crippen LogP contribution in [0.5, 0.6) is 5.75 Å². The van der Waals surface area contributed by atoms with Crippen molar-refractivity contribution < 1.29 is 26.3 Å². The zero-order chi connectivity index (χ0) is 16.3. The highest BCUT2D eigenvalue weighted by Gasteiger charge is 2.31. The third-order valence-corrected chi connectivity index (χ3v) is 5.31. The SMILES string of the molecule is CC(C)(C)S(=O)(=O)CCNc1cccc(OC(F)(F)F)c1. The predicted octanol–water partition coefficient (Wildman–Crippen LogP) is 3.21. The molecule has 0 aliphatic carbocycles. The first kappa shape index (κ1) is 17.6. The van der Waals surface area contributed by atoms with Crippen LogP contribution < -0.4 is 10.1 Å². The quantitative estimate of drug-likeness (QED) is 0.903. The molecule has 0 heterocycles. The molecule has 1 aromatic carbocycles. The van der Waals surface area contributed by atoms with Gasteiger partial charge in [0.1, 0.15) is 5.75 Å². The van der Waals surface area contributed by atoms with E-state index in [-0.39, 0.29) is 18.0 Å². The van der Waals surface area contributed by atoms with E-state index in [2.05, 4.69) is 10.1 Å². The molecule has 0 amide bonds. The van der Waals surface area contributed by atoms with E-state index in [1.165, 1.54) is 18.2 Å². The number of benzene rings is 1. The van der Waals surface area contributed by atoms with E-state index in [4.69, 9.17) is 0 Å². The van der Waals surface area contributed by atoms with Gasteiger partial charge in [-0.05, 0) is 32.9 Å². The van der Waals surface area contributed by atoms with E-state index in [1.54, 1.807) is 20.8 Å². The number of ether oxygens (including phenoxy) is 1. The van der Waals surface area contributed by atoms with Gasteiger partial charge in [0.15, 0.2) is 9.84 Å². The van der Waals surface area contributed by atoms with Crippen LogP contribution in [0.3, 0.4) is 0 Å². The molecule has 0 radical (unpaired) electrons. The molecule has 1 aromatic rings. The molecule has 120 valence electrons. The van der Waals surface area contributed by atoms with Gasteiger partial charge in [0.2, 0.25) is 0 Å². The summed E-state index contributed by atoms with van der Waals surface area (Å²) in [5.41, 5.74) is 0.362. The molecule has 0 saturated carbocycles. The first-order valence-electron chi connectivity index (χ1n) is 6.23. The number of alkyl halides is 3. The summed E-state index contributed by atoms with van der Waals surface area (Å²) in [6.45, 7) is 4.90. The molecule has 1 rings (SSSR count). The van der Waals surface area contributed by atoms with Crippen LogP contribution in [0.4, 0.5) is 18.9 Å². The molecule has 21 heavy (non-hydrogen) atoms. The van der Waals surface area contributed by atoms with Gasteiger partial charge >= 0.3 is 6.36 Å². The van der Waals surface area contributed by atoms with Crippen LogP contribution in [0.2, 0.25) is 0 Å². The molecule has 0 atom stereocenters. The summed E-state index contributed by atoms with van der Waals surface area (Å²) in [5, 5.41) is 2.77. The number of nitrogens with one attached hydrogen (secondary N) is 1. The first-order valence-corrected chi connectivity index (χ1v) is 7.88. The largest absolute Gasteiger partial charge is 0.573 e. The molecule has 8 heteroatoms. The van der Waals surface area contributed by atoms with Gasteiger partial charge in [-0.1, -0.05) is 6.07 Å². The van der Waals surface area contributed by atoms with Gasteiger partial charge in [-0.15, -0.1) is 13.2 Å². The minimum atomic E-state index is -4.76. The van der Waals surface area contributed by atoms with Gasteiger partial charge in [0, 0.05) is 18.3 Å². The van der Waals surface area contributed by atoms with Gasteiger partial charge in [-0.2, -0.15) is 0 Å². The van der Waals surface area contributed by atoms with E-state index in [0.29, 0.717) is 5.69 Å². The fourth-order valence-corrected chi connectivity index (χ4v) is 2.42. The molecule has 0 aliphatic rings. The molecule has 0 fully saturated rings. The average Bonchev–Trinajstić information content (AvgIpc) is 2.25. The highest BCUT2D eigenvalue weighted by atomic mass is 32.2. The summed E-state index contributed by atoms with van der Waals surface area (Å²) in [7, 11) is -3.28. The monoisotopic (exact) mass is 325 g/mol. The number of sulfone groups is 1. The molecule has 4 nitrogen and oxygen atoms in total. The van der Waals surface area contributed by atoms with E-state index in [0.717, 1.165) is 6.07 Å². The van der Waals surface area contributed by atoms with Crippen LogP contribution in [-0.4, -0.2) is 31.8 Å². The molecule has 0 bridgehead atoms. The van der Waals surface area contributed by atoms with Gasteiger partial charge in [-0.3, -0.25) is 0 Å². The standard InChI is InChI=1S/C13H18F3NO3S/c1-12(2,3)21(18,19)8-7-17-10-5-4-6-11(9-10)20-13(14,15)16/h4-6,9,17H,7-8H2,1-3H3. The maximum Gasteiger partial charge on any atom is 0.573 e. The smallest absolute Gasteiger partial charge is 0.406 e. The lowest BCUT2D eigenvalue weighted by atomic mass is 10.3. The second-order valence-electron chi connectivity index (χ2n) is 5.43. The zero-order valence-corrected chi connectivity index (χ0v) is 12.8. The summed E-state index contributed by atoms with van der Waals surface area (Å²) in [5.74, 6) is -0.466. The third kappa shape index (κ3) is 5.82. The van der Waals surface area contributed by atoms with Gasteiger partial charge in [-0.25, -0.2) is 8.42 Å². The van der Waals surface area contributed by atoms with Crippen LogP contribution in [0, 0.1) is 0 Å². The second kappa shape index (κ2) is 6.13. The summed E-state index contributed by atoms with van der Waals surface area (Å²) in [6, 6.07) is 5.26. The molecular formula is C13H18F3NO3S. The van der Waals surface area contributed by atoms with Crippen LogP contribution in [-0.2, 0) is 9.84 Å². The Hall–Kier alpha value is -1.44. The van der Waals surface area contributed by atoms with E-state index < -0.39 is 20.9 Å². The Kier molecular flexibility index (Phi) is 5.14. The maximum atomic E-state index is 12.1. The number of rotatable bonds is 5. The van der Waals surface area contributed by atoms with Crippen molar-refractivity contribution in [2.45, 2.75) is 31.9 Å². The molecule has 1 N–H and O–H groups in total. The Bertz CT molecular complexity index is 577. The minimum Gasteiger partial charge on any atom is -0.406 e. The second-order valence-corrected chi connectivity index (χ2v) is 8.30. The van der Waals surface area contributed by atoms with Gasteiger partial charge < -0.3 is 10.1 Å². The van der Waals surface area contributed by atoms with E-state index >= 15 is 0 Å². The van der Waals surface area contributed by atoms with Crippen LogP contribution in [0.15, 0.2) is 24.3 Å². The van der Waals surface area contributed by atoms with Crippen molar-refractivity contribution in [1.82, 2.24) is 0 Å². The van der Waals surface area contributed by atoms with Crippen molar-refractivity contribution in [1.29, 1.82) is 0 Å². The Balaban J connectivity index is 2.63. The van der Waals surface area contributed by atoms with Crippen molar-refractivity contribution in [2.75, 3.05) is 17.6 Å². The van der Waals surface area contributed by atoms with Crippen molar-refractivity contribution >= 4 is 15.5 Å². The lowest BCUT2D eigenvalue weighted by Crippen LogP contribution is -2.32. The Morgan fingerprint density at radius 3 is 2.33 bits per heavy atom. The average molecular weight is 325 g/mol. The molecule has 0 aromatic heterocycles. The fourth-order valence-electron chi connectivity index (χ4n) is 1.44. The molecule has 0 aliphatic heterocycles. The normalized spacial score (nSPS) is 13.0. The van der Waals surface area contributed by atoms with Crippen molar-refractivity contribution in [3.05, 3.63) is 24.3 Å². The Morgan fingerprint density at radius 2 is 1.81 bits per heavy atom. The summed E-state index contributed by atoms with van der Waals surface area (Å²) >= 11 is 0.